The minimum absolute atomic E-state index is 0.0549. The summed E-state index contributed by atoms with van der Waals surface area (Å²) in [6.45, 7) is 5.41. The molecule has 0 saturated carbocycles. The molecule has 0 heterocycles. The normalized spacial score (nSPS) is 10.3. The van der Waals surface area contributed by atoms with Crippen molar-refractivity contribution in [1.82, 2.24) is 5.32 Å². The van der Waals surface area contributed by atoms with E-state index in [0.717, 1.165) is 16.7 Å². The van der Waals surface area contributed by atoms with Gasteiger partial charge in [-0.25, -0.2) is 0 Å². The Morgan fingerprint density at radius 1 is 1.35 bits per heavy atom. The highest BCUT2D eigenvalue weighted by Crippen LogP contribution is 2.10. The van der Waals surface area contributed by atoms with E-state index in [1.165, 1.54) is 0 Å². The average Bonchev–Trinajstić information content (AvgIpc) is 2.32. The maximum absolute atomic E-state index is 11.9. The Kier molecular flexibility index (Phi) is 6.01. The Hall–Kier alpha value is -1.06. The number of halogens is 1. The molecule has 0 bridgehead atoms. The predicted octanol–water partition coefficient (Wildman–Crippen LogP) is 2.29. The molecule has 0 fully saturated rings. The lowest BCUT2D eigenvalue weighted by atomic mass is 10.1. The molecule has 3 nitrogen and oxygen atoms in total. The maximum atomic E-state index is 11.9. The molecule has 17 heavy (non-hydrogen) atoms. The smallest absolute Gasteiger partial charge is 0.251 e. The Balaban J connectivity index is 2.44. The van der Waals surface area contributed by atoms with E-state index in [9.17, 15) is 4.79 Å². The van der Waals surface area contributed by atoms with Crippen molar-refractivity contribution in [2.75, 3.05) is 25.6 Å². The van der Waals surface area contributed by atoms with Crippen LogP contribution in [-0.4, -0.2) is 31.5 Å². The highest BCUT2D eigenvalue weighted by molar-refractivity contribution is 6.17. The highest BCUT2D eigenvalue weighted by atomic mass is 35.5. The van der Waals surface area contributed by atoms with E-state index in [-0.39, 0.29) is 5.91 Å². The molecular formula is C13H18ClNO2. The zero-order chi connectivity index (χ0) is 12.7. The number of hydrogen-bond donors (Lipinski definition) is 1. The van der Waals surface area contributed by atoms with Gasteiger partial charge in [-0.2, -0.15) is 0 Å². The number of carbonyl (C=O) groups excluding carboxylic acids is 1. The van der Waals surface area contributed by atoms with Gasteiger partial charge in [0.2, 0.25) is 0 Å². The van der Waals surface area contributed by atoms with Crippen LogP contribution in [-0.2, 0) is 4.74 Å². The summed E-state index contributed by atoms with van der Waals surface area (Å²) in [4.78, 5) is 11.9. The van der Waals surface area contributed by atoms with Crippen LogP contribution >= 0.6 is 11.6 Å². The first-order valence-corrected chi connectivity index (χ1v) is 6.17. The lowest BCUT2D eigenvalue weighted by Crippen LogP contribution is -2.28. The van der Waals surface area contributed by atoms with E-state index >= 15 is 0 Å². The highest BCUT2D eigenvalue weighted by Gasteiger charge is 2.07. The molecule has 1 aromatic carbocycles. The van der Waals surface area contributed by atoms with Crippen molar-refractivity contribution in [1.29, 1.82) is 0 Å². The largest absolute Gasteiger partial charge is 0.378 e. The van der Waals surface area contributed by atoms with Crippen LogP contribution in [0.2, 0.25) is 0 Å². The zero-order valence-electron chi connectivity index (χ0n) is 10.3. The van der Waals surface area contributed by atoms with Crippen LogP contribution in [0.5, 0.6) is 0 Å². The average molecular weight is 256 g/mol. The Morgan fingerprint density at radius 3 is 2.82 bits per heavy atom. The van der Waals surface area contributed by atoms with Crippen molar-refractivity contribution in [3.63, 3.8) is 0 Å². The molecule has 0 aliphatic rings. The first-order valence-electron chi connectivity index (χ1n) is 5.64. The van der Waals surface area contributed by atoms with Crippen LogP contribution in [0, 0.1) is 13.8 Å². The number of aryl methyl sites for hydroxylation is 2. The van der Waals surface area contributed by atoms with Gasteiger partial charge in [0.05, 0.1) is 13.2 Å². The van der Waals surface area contributed by atoms with E-state index in [1.54, 1.807) is 0 Å². The van der Waals surface area contributed by atoms with E-state index in [4.69, 9.17) is 16.3 Å². The minimum atomic E-state index is -0.0549. The third kappa shape index (κ3) is 4.75. The van der Waals surface area contributed by atoms with Crippen LogP contribution in [0.3, 0.4) is 0 Å². The number of alkyl halides is 1. The van der Waals surface area contributed by atoms with Gasteiger partial charge in [-0.15, -0.1) is 11.6 Å². The molecule has 1 amide bonds. The molecule has 0 saturated heterocycles. The van der Waals surface area contributed by atoms with Gasteiger partial charge in [0.15, 0.2) is 0 Å². The summed E-state index contributed by atoms with van der Waals surface area (Å²) in [6.07, 6.45) is 0. The van der Waals surface area contributed by atoms with E-state index < -0.39 is 0 Å². The van der Waals surface area contributed by atoms with Crippen molar-refractivity contribution in [3.8, 4) is 0 Å². The number of carbonyl (C=O) groups is 1. The van der Waals surface area contributed by atoms with Gasteiger partial charge in [-0.05, 0) is 25.5 Å². The molecule has 0 atom stereocenters. The third-order valence-electron chi connectivity index (χ3n) is 2.39. The maximum Gasteiger partial charge on any atom is 0.251 e. The van der Waals surface area contributed by atoms with Crippen molar-refractivity contribution in [2.45, 2.75) is 13.8 Å². The van der Waals surface area contributed by atoms with E-state index in [1.807, 2.05) is 32.0 Å². The summed E-state index contributed by atoms with van der Waals surface area (Å²) < 4.78 is 5.18. The SMILES string of the molecule is Cc1ccc(C)c(C(=O)NCCOCCCl)c1. The fraction of sp³-hybridized carbons (Fsp3) is 0.462. The molecule has 0 unspecified atom stereocenters. The second-order valence-electron chi connectivity index (χ2n) is 3.88. The standard InChI is InChI=1S/C13H18ClNO2/c1-10-3-4-11(2)12(9-10)13(16)15-6-8-17-7-5-14/h3-4,9H,5-8H2,1-2H3,(H,15,16). The second-order valence-corrected chi connectivity index (χ2v) is 4.25. The predicted molar refractivity (Wildman–Crippen MR) is 69.8 cm³/mol. The number of rotatable bonds is 6. The zero-order valence-corrected chi connectivity index (χ0v) is 11.0. The molecule has 0 aliphatic carbocycles. The van der Waals surface area contributed by atoms with E-state index in [2.05, 4.69) is 5.32 Å². The van der Waals surface area contributed by atoms with Gasteiger partial charge >= 0.3 is 0 Å². The number of ether oxygens (including phenoxy) is 1. The van der Waals surface area contributed by atoms with E-state index in [0.29, 0.717) is 25.6 Å². The van der Waals surface area contributed by atoms with Crippen LogP contribution < -0.4 is 5.32 Å². The summed E-state index contributed by atoms with van der Waals surface area (Å²) in [5.41, 5.74) is 2.79. The van der Waals surface area contributed by atoms with Crippen molar-refractivity contribution < 1.29 is 9.53 Å². The number of benzene rings is 1. The summed E-state index contributed by atoms with van der Waals surface area (Å²) in [5.74, 6) is 0.422. The van der Waals surface area contributed by atoms with Gasteiger partial charge in [-0.1, -0.05) is 17.7 Å². The number of amides is 1. The van der Waals surface area contributed by atoms with Gasteiger partial charge in [-0.3, -0.25) is 4.79 Å². The minimum Gasteiger partial charge on any atom is -0.378 e. The van der Waals surface area contributed by atoms with Crippen molar-refractivity contribution in [2.24, 2.45) is 0 Å². The Morgan fingerprint density at radius 2 is 2.12 bits per heavy atom. The summed E-state index contributed by atoms with van der Waals surface area (Å²) in [6, 6.07) is 5.84. The monoisotopic (exact) mass is 255 g/mol. The molecule has 94 valence electrons. The number of hydrogen-bond acceptors (Lipinski definition) is 2. The fourth-order valence-corrected chi connectivity index (χ4v) is 1.58. The first-order chi connectivity index (χ1) is 8.15. The van der Waals surface area contributed by atoms with Gasteiger partial charge < -0.3 is 10.1 Å². The summed E-state index contributed by atoms with van der Waals surface area (Å²) in [5, 5.41) is 2.82. The molecule has 1 aromatic rings. The van der Waals surface area contributed by atoms with Crippen LogP contribution in [0.1, 0.15) is 21.5 Å². The molecule has 0 aromatic heterocycles. The molecule has 4 heteroatoms. The molecule has 1 rings (SSSR count). The van der Waals surface area contributed by atoms with Crippen LogP contribution in [0.25, 0.3) is 0 Å². The van der Waals surface area contributed by atoms with Crippen LogP contribution in [0.4, 0.5) is 0 Å². The van der Waals surface area contributed by atoms with Gasteiger partial charge in [0.25, 0.3) is 5.91 Å². The molecule has 0 radical (unpaired) electrons. The Bertz CT molecular complexity index is 380. The van der Waals surface area contributed by atoms with Gasteiger partial charge in [0, 0.05) is 18.0 Å². The molecule has 0 aliphatic heterocycles. The fourth-order valence-electron chi connectivity index (χ4n) is 1.47. The van der Waals surface area contributed by atoms with Crippen LogP contribution in [0.15, 0.2) is 18.2 Å². The van der Waals surface area contributed by atoms with Crippen molar-refractivity contribution >= 4 is 17.5 Å². The number of nitrogens with one attached hydrogen (secondary N) is 1. The second kappa shape index (κ2) is 7.30. The third-order valence-corrected chi connectivity index (χ3v) is 2.55. The quantitative estimate of drug-likeness (QED) is 0.626. The lowest BCUT2D eigenvalue weighted by molar-refractivity contribution is 0.0923. The molecular weight excluding hydrogens is 238 g/mol. The first kappa shape index (κ1) is 14.0. The lowest BCUT2D eigenvalue weighted by Gasteiger charge is -2.08. The van der Waals surface area contributed by atoms with Gasteiger partial charge in [0.1, 0.15) is 0 Å². The molecule has 1 N–H and O–H groups in total. The Labute approximate surface area is 107 Å². The topological polar surface area (TPSA) is 38.3 Å². The molecule has 0 spiro atoms. The summed E-state index contributed by atoms with van der Waals surface area (Å²) >= 11 is 5.46. The summed E-state index contributed by atoms with van der Waals surface area (Å²) in [7, 11) is 0. The van der Waals surface area contributed by atoms with Crippen molar-refractivity contribution in [3.05, 3.63) is 34.9 Å².